The van der Waals surface area contributed by atoms with Crippen molar-refractivity contribution in [3.05, 3.63) is 80.5 Å². The van der Waals surface area contributed by atoms with Crippen LogP contribution in [-0.4, -0.2) is 25.5 Å². The van der Waals surface area contributed by atoms with Crippen LogP contribution >= 0.6 is 11.6 Å². The van der Waals surface area contributed by atoms with Crippen LogP contribution in [0.15, 0.2) is 59.8 Å². The molecule has 1 N–H and O–H groups in total. The predicted molar refractivity (Wildman–Crippen MR) is 120 cm³/mol. The third-order valence-electron chi connectivity index (χ3n) is 5.83. The Hall–Kier alpha value is -3.52. The van der Waals surface area contributed by atoms with Gasteiger partial charge in [-0.25, -0.2) is 4.68 Å². The van der Waals surface area contributed by atoms with E-state index in [1.807, 2.05) is 12.1 Å². The Kier molecular flexibility index (Phi) is 4.63. The zero-order chi connectivity index (χ0) is 22.6. The van der Waals surface area contributed by atoms with E-state index in [0.29, 0.717) is 35.2 Å². The number of benzene rings is 2. The van der Waals surface area contributed by atoms with Gasteiger partial charge in [-0.2, -0.15) is 4.98 Å². The molecular formula is C23H20ClN5O3. The van der Waals surface area contributed by atoms with Gasteiger partial charge in [-0.3, -0.25) is 14.9 Å². The van der Waals surface area contributed by atoms with E-state index in [-0.39, 0.29) is 16.9 Å². The first-order chi connectivity index (χ1) is 15.2. The molecule has 2 heterocycles. The van der Waals surface area contributed by atoms with Crippen molar-refractivity contribution in [2.45, 2.75) is 32.7 Å². The van der Waals surface area contributed by atoms with Crippen LogP contribution in [0.5, 0.6) is 0 Å². The molecule has 0 bridgehead atoms. The van der Waals surface area contributed by atoms with Gasteiger partial charge >= 0.3 is 0 Å². The molecule has 162 valence electrons. The molecule has 0 spiro atoms. The van der Waals surface area contributed by atoms with Crippen LogP contribution in [-0.2, 0) is 4.79 Å². The van der Waals surface area contributed by atoms with Crippen molar-refractivity contribution in [3.63, 3.8) is 0 Å². The molecule has 8 nitrogen and oxygen atoms in total. The van der Waals surface area contributed by atoms with Gasteiger partial charge in [0.15, 0.2) is 11.6 Å². The molecule has 0 fully saturated rings. The van der Waals surface area contributed by atoms with Crippen LogP contribution in [0.4, 0.5) is 11.6 Å². The molecule has 32 heavy (non-hydrogen) atoms. The maximum atomic E-state index is 13.2. The van der Waals surface area contributed by atoms with E-state index in [2.05, 4.69) is 24.1 Å². The molecule has 0 radical (unpaired) electrons. The maximum Gasteiger partial charge on any atom is 0.269 e. The Morgan fingerprint density at radius 3 is 2.62 bits per heavy atom. The summed E-state index contributed by atoms with van der Waals surface area (Å²) in [5.41, 5.74) is 2.77. The van der Waals surface area contributed by atoms with Crippen molar-refractivity contribution in [2.24, 2.45) is 5.41 Å². The van der Waals surface area contributed by atoms with Crippen LogP contribution in [0.25, 0.3) is 11.4 Å². The lowest BCUT2D eigenvalue weighted by Crippen LogP contribution is -2.36. The largest absolute Gasteiger partial charge is 0.328 e. The summed E-state index contributed by atoms with van der Waals surface area (Å²) < 4.78 is 1.69. The number of hydrogen-bond donors (Lipinski definition) is 1. The number of nitro benzene ring substituents is 1. The number of non-ortho nitro benzene ring substituents is 1. The van der Waals surface area contributed by atoms with Crippen LogP contribution in [0.2, 0.25) is 5.02 Å². The second kappa shape index (κ2) is 7.27. The number of ketones is 1. The normalized spacial score (nSPS) is 19.2. The first-order valence-corrected chi connectivity index (χ1v) is 10.6. The fourth-order valence-corrected chi connectivity index (χ4v) is 4.64. The second-order valence-corrected chi connectivity index (χ2v) is 9.36. The molecule has 5 rings (SSSR count). The Labute approximate surface area is 189 Å². The minimum atomic E-state index is -0.522. The number of halogens is 1. The number of aromatic nitrogens is 3. The smallest absolute Gasteiger partial charge is 0.269 e. The topological polar surface area (TPSA) is 103 Å². The molecule has 2 aliphatic rings. The van der Waals surface area contributed by atoms with Gasteiger partial charge in [0, 0.05) is 40.4 Å². The van der Waals surface area contributed by atoms with Gasteiger partial charge < -0.3 is 5.32 Å². The van der Waals surface area contributed by atoms with Gasteiger partial charge in [-0.1, -0.05) is 37.6 Å². The lowest BCUT2D eigenvalue weighted by Gasteiger charge is -2.38. The molecule has 0 saturated heterocycles. The Bertz CT molecular complexity index is 1290. The lowest BCUT2D eigenvalue weighted by atomic mass is 9.73. The zero-order valence-electron chi connectivity index (χ0n) is 17.5. The molecule has 0 amide bonds. The summed E-state index contributed by atoms with van der Waals surface area (Å²) in [5, 5.41) is 19.7. The highest BCUT2D eigenvalue weighted by atomic mass is 35.5. The summed E-state index contributed by atoms with van der Waals surface area (Å²) >= 11 is 6.15. The molecule has 1 atom stereocenters. The summed E-state index contributed by atoms with van der Waals surface area (Å²) in [6, 6.07) is 13.0. The van der Waals surface area contributed by atoms with E-state index in [9.17, 15) is 14.9 Å². The predicted octanol–water partition coefficient (Wildman–Crippen LogP) is 5.16. The highest BCUT2D eigenvalue weighted by Gasteiger charge is 2.42. The van der Waals surface area contributed by atoms with Gasteiger partial charge in [0.05, 0.1) is 4.92 Å². The van der Waals surface area contributed by atoms with Crippen LogP contribution in [0.3, 0.4) is 0 Å². The fraction of sp³-hybridized carbons (Fsp3) is 0.261. The van der Waals surface area contributed by atoms with Gasteiger partial charge in [-0.15, -0.1) is 5.10 Å². The van der Waals surface area contributed by atoms with E-state index < -0.39 is 11.0 Å². The number of nitrogens with one attached hydrogen (secondary N) is 1. The Morgan fingerprint density at radius 2 is 1.94 bits per heavy atom. The number of fused-ring (bicyclic) bond motifs is 1. The van der Waals surface area contributed by atoms with E-state index in [0.717, 1.165) is 16.8 Å². The number of rotatable bonds is 3. The molecule has 1 aromatic heterocycles. The van der Waals surface area contributed by atoms with Crippen LogP contribution < -0.4 is 5.32 Å². The summed E-state index contributed by atoms with van der Waals surface area (Å²) in [4.78, 5) is 28.6. The molecule has 3 aromatic rings. The highest BCUT2D eigenvalue weighted by Crippen LogP contribution is 2.45. The third kappa shape index (κ3) is 3.46. The van der Waals surface area contributed by atoms with Crippen molar-refractivity contribution >= 4 is 29.0 Å². The van der Waals surface area contributed by atoms with Gasteiger partial charge in [-0.05, 0) is 41.7 Å². The SMILES string of the molecule is CC1(C)CC(=O)C2=C(C1)Nc1nc(-c3cccc(Cl)c3)nn1C2c1ccc([N+](=O)[O-])cc1. The number of carbonyl (C=O) groups is 1. The third-order valence-corrected chi connectivity index (χ3v) is 6.07. The van der Waals surface area contributed by atoms with Gasteiger partial charge in [0.25, 0.3) is 5.69 Å². The number of hydrogen-bond acceptors (Lipinski definition) is 6. The first-order valence-electron chi connectivity index (χ1n) is 10.2. The number of Topliss-reactive ketones (excluding diaryl/α,β-unsaturated/α-hetero) is 1. The zero-order valence-corrected chi connectivity index (χ0v) is 18.3. The lowest BCUT2D eigenvalue weighted by molar-refractivity contribution is -0.384. The van der Waals surface area contributed by atoms with Crippen molar-refractivity contribution < 1.29 is 9.72 Å². The van der Waals surface area contributed by atoms with E-state index in [1.165, 1.54) is 12.1 Å². The number of nitrogens with zero attached hydrogens (tertiary/aromatic N) is 4. The summed E-state index contributed by atoms with van der Waals surface area (Å²) in [6.07, 6.45) is 1.11. The molecule has 0 saturated carbocycles. The number of carbonyl (C=O) groups excluding carboxylic acids is 1. The number of allylic oxidation sites excluding steroid dienone is 2. The first kappa shape index (κ1) is 20.4. The molecular weight excluding hydrogens is 430 g/mol. The summed E-state index contributed by atoms with van der Waals surface area (Å²) in [6.45, 7) is 4.13. The minimum absolute atomic E-state index is 0.00794. The Morgan fingerprint density at radius 1 is 1.19 bits per heavy atom. The minimum Gasteiger partial charge on any atom is -0.328 e. The molecule has 1 aliphatic carbocycles. The van der Waals surface area contributed by atoms with Crippen molar-refractivity contribution in [2.75, 3.05) is 5.32 Å². The average Bonchev–Trinajstić information content (AvgIpc) is 3.15. The Balaban J connectivity index is 1.67. The maximum absolute atomic E-state index is 13.2. The van der Waals surface area contributed by atoms with E-state index in [1.54, 1.807) is 28.9 Å². The molecule has 1 unspecified atom stereocenters. The van der Waals surface area contributed by atoms with E-state index in [4.69, 9.17) is 16.7 Å². The molecule has 9 heteroatoms. The average molecular weight is 450 g/mol. The number of anilines is 1. The highest BCUT2D eigenvalue weighted by molar-refractivity contribution is 6.30. The number of nitro groups is 1. The van der Waals surface area contributed by atoms with Crippen LogP contribution in [0, 0.1) is 15.5 Å². The monoisotopic (exact) mass is 449 g/mol. The fourth-order valence-electron chi connectivity index (χ4n) is 4.45. The standard InChI is InChI=1S/C23H20ClN5O3/c1-23(2)11-17-19(18(30)12-23)20(13-6-8-16(9-7-13)29(31)32)28-22(25-17)26-21(27-28)14-4-3-5-15(24)10-14/h3-10,20H,11-12H2,1-2H3,(H,25,26,27). The summed E-state index contributed by atoms with van der Waals surface area (Å²) in [5.74, 6) is 1.04. The van der Waals surface area contributed by atoms with E-state index >= 15 is 0 Å². The molecule has 1 aliphatic heterocycles. The van der Waals surface area contributed by atoms with Crippen molar-refractivity contribution in [1.82, 2.24) is 14.8 Å². The second-order valence-electron chi connectivity index (χ2n) is 8.92. The van der Waals surface area contributed by atoms with Crippen molar-refractivity contribution in [3.8, 4) is 11.4 Å². The quantitative estimate of drug-likeness (QED) is 0.437. The van der Waals surface area contributed by atoms with Gasteiger partial charge in [0.2, 0.25) is 5.95 Å². The van der Waals surface area contributed by atoms with Crippen LogP contribution in [0.1, 0.15) is 38.3 Å². The van der Waals surface area contributed by atoms with Gasteiger partial charge in [0.1, 0.15) is 6.04 Å². The summed E-state index contributed by atoms with van der Waals surface area (Å²) in [7, 11) is 0. The molecule has 2 aromatic carbocycles. The van der Waals surface area contributed by atoms with Crippen molar-refractivity contribution in [1.29, 1.82) is 0 Å².